The van der Waals surface area contributed by atoms with Gasteiger partial charge in [-0.2, -0.15) is 0 Å². The fraction of sp³-hybridized carbons (Fsp3) is 0.375. The van der Waals surface area contributed by atoms with Crippen LogP contribution >= 0.6 is 0 Å². The minimum Gasteiger partial charge on any atom is -0.460 e. The van der Waals surface area contributed by atoms with Gasteiger partial charge < -0.3 is 15.8 Å². The average molecular weight is 288 g/mol. The van der Waals surface area contributed by atoms with Gasteiger partial charge in [-0.25, -0.2) is 0 Å². The van der Waals surface area contributed by atoms with Crippen molar-refractivity contribution in [3.05, 3.63) is 48.0 Å². The number of rotatable bonds is 6. The van der Waals surface area contributed by atoms with E-state index in [9.17, 15) is 9.59 Å². The van der Waals surface area contributed by atoms with Crippen molar-refractivity contribution >= 4 is 11.9 Å². The molecule has 0 saturated heterocycles. The van der Waals surface area contributed by atoms with Crippen molar-refractivity contribution in [2.75, 3.05) is 13.2 Å². The molecule has 1 amide bonds. The van der Waals surface area contributed by atoms with Crippen LogP contribution < -0.4 is 11.1 Å². The van der Waals surface area contributed by atoms with Gasteiger partial charge in [-0.3, -0.25) is 9.59 Å². The van der Waals surface area contributed by atoms with Crippen molar-refractivity contribution in [2.45, 2.75) is 18.9 Å². The molecule has 0 fully saturated rings. The summed E-state index contributed by atoms with van der Waals surface area (Å²) in [6, 6.07) is 7.48. The average Bonchev–Trinajstić information content (AvgIpc) is 2.93. The molecule has 112 valence electrons. The largest absolute Gasteiger partial charge is 0.460 e. The lowest BCUT2D eigenvalue weighted by Gasteiger charge is -2.18. The van der Waals surface area contributed by atoms with Gasteiger partial charge in [0.25, 0.3) is 0 Å². The highest BCUT2D eigenvalue weighted by molar-refractivity contribution is 5.85. The smallest absolute Gasteiger partial charge is 0.325 e. The highest BCUT2D eigenvalue weighted by atomic mass is 16.5. The molecule has 0 spiro atoms. The number of benzene rings is 1. The summed E-state index contributed by atoms with van der Waals surface area (Å²) < 4.78 is 4.78. The van der Waals surface area contributed by atoms with E-state index in [0.29, 0.717) is 0 Å². The van der Waals surface area contributed by atoms with Crippen LogP contribution in [-0.4, -0.2) is 31.1 Å². The van der Waals surface area contributed by atoms with Crippen molar-refractivity contribution in [1.29, 1.82) is 0 Å². The Morgan fingerprint density at radius 2 is 2.00 bits per heavy atom. The molecule has 21 heavy (non-hydrogen) atoms. The zero-order chi connectivity index (χ0) is 15.2. The van der Waals surface area contributed by atoms with Crippen molar-refractivity contribution in [3.8, 4) is 0 Å². The molecule has 0 aromatic heterocycles. The van der Waals surface area contributed by atoms with Crippen molar-refractivity contribution in [3.63, 3.8) is 0 Å². The van der Waals surface area contributed by atoms with Crippen LogP contribution in [-0.2, 0) is 27.2 Å². The minimum atomic E-state index is -0.621. The number of fused-ring (bicyclic) bond motifs is 1. The van der Waals surface area contributed by atoms with Crippen LogP contribution in [0.2, 0.25) is 0 Å². The molecule has 0 radical (unpaired) electrons. The number of amides is 1. The topological polar surface area (TPSA) is 81.4 Å². The summed E-state index contributed by atoms with van der Waals surface area (Å²) in [6.07, 6.45) is 3.07. The summed E-state index contributed by atoms with van der Waals surface area (Å²) in [7, 11) is 0. The zero-order valence-corrected chi connectivity index (χ0v) is 11.9. The predicted octanol–water partition coefficient (Wildman–Crippen LogP) is 0.574. The first-order valence-electron chi connectivity index (χ1n) is 6.98. The minimum absolute atomic E-state index is 0.0756. The predicted molar refractivity (Wildman–Crippen MR) is 79.5 cm³/mol. The molecule has 1 aliphatic carbocycles. The normalized spacial score (nSPS) is 15.1. The summed E-state index contributed by atoms with van der Waals surface area (Å²) in [6.45, 7) is 3.41. The molecular formula is C16H20N2O3. The molecule has 1 atom stereocenters. The van der Waals surface area contributed by atoms with Gasteiger partial charge in [0.1, 0.15) is 13.2 Å². The Hall–Kier alpha value is -2.14. The summed E-state index contributed by atoms with van der Waals surface area (Å²) in [5, 5.41) is 2.52. The maximum atomic E-state index is 12.0. The Morgan fingerprint density at radius 3 is 2.57 bits per heavy atom. The highest BCUT2D eigenvalue weighted by Gasteiger charge is 2.30. The van der Waals surface area contributed by atoms with Gasteiger partial charge in [-0.05, 0) is 29.9 Å². The Morgan fingerprint density at radius 1 is 1.38 bits per heavy atom. The van der Waals surface area contributed by atoms with Crippen molar-refractivity contribution in [1.82, 2.24) is 5.32 Å². The summed E-state index contributed by atoms with van der Waals surface area (Å²) >= 11 is 0. The third kappa shape index (κ3) is 3.92. The lowest BCUT2D eigenvalue weighted by Crippen LogP contribution is -2.47. The van der Waals surface area contributed by atoms with E-state index in [1.54, 1.807) is 0 Å². The standard InChI is InChI=1S/C16H20N2O3/c1-2-7-21-14(19)10-18-16(20)15(17)13-8-11-5-3-4-6-12(11)9-13/h2-6,13,15H,1,7-10,17H2,(H,18,20). The fourth-order valence-electron chi connectivity index (χ4n) is 2.54. The van der Waals surface area contributed by atoms with Crippen LogP contribution in [0.1, 0.15) is 11.1 Å². The number of ether oxygens (including phenoxy) is 1. The SMILES string of the molecule is C=CCOC(=O)CNC(=O)C(N)C1Cc2ccccc2C1. The Bertz CT molecular complexity index is 517. The van der Waals surface area contributed by atoms with Crippen LogP contribution in [0.25, 0.3) is 0 Å². The van der Waals surface area contributed by atoms with E-state index in [2.05, 4.69) is 24.0 Å². The molecule has 0 saturated carbocycles. The van der Waals surface area contributed by atoms with Gasteiger partial charge in [-0.15, -0.1) is 0 Å². The number of nitrogens with one attached hydrogen (secondary N) is 1. The van der Waals surface area contributed by atoms with E-state index in [0.717, 1.165) is 12.8 Å². The lowest BCUT2D eigenvalue weighted by atomic mass is 9.96. The fourth-order valence-corrected chi connectivity index (χ4v) is 2.54. The Balaban J connectivity index is 1.81. The molecule has 5 nitrogen and oxygen atoms in total. The van der Waals surface area contributed by atoms with Crippen LogP contribution in [0, 0.1) is 5.92 Å². The number of nitrogens with two attached hydrogens (primary N) is 1. The van der Waals surface area contributed by atoms with Gasteiger partial charge in [0.15, 0.2) is 0 Å². The Kier molecular flexibility index (Phi) is 5.11. The van der Waals surface area contributed by atoms with Gasteiger partial charge in [0.05, 0.1) is 6.04 Å². The number of hydrogen-bond donors (Lipinski definition) is 2. The maximum absolute atomic E-state index is 12.0. The van der Waals surface area contributed by atoms with E-state index < -0.39 is 12.0 Å². The first kappa shape index (κ1) is 15.3. The quantitative estimate of drug-likeness (QED) is 0.592. The first-order valence-corrected chi connectivity index (χ1v) is 6.98. The second-order valence-electron chi connectivity index (χ2n) is 5.15. The van der Waals surface area contributed by atoms with Gasteiger partial charge in [0.2, 0.25) is 5.91 Å². The van der Waals surface area contributed by atoms with Crippen molar-refractivity contribution in [2.24, 2.45) is 11.7 Å². The molecule has 1 aliphatic rings. The second-order valence-corrected chi connectivity index (χ2v) is 5.15. The van der Waals surface area contributed by atoms with E-state index >= 15 is 0 Å². The van der Waals surface area contributed by atoms with Crippen LogP contribution in [0.15, 0.2) is 36.9 Å². The lowest BCUT2D eigenvalue weighted by molar-refractivity contribution is -0.143. The molecular weight excluding hydrogens is 268 g/mol. The summed E-state index contributed by atoms with van der Waals surface area (Å²) in [5.41, 5.74) is 8.50. The highest BCUT2D eigenvalue weighted by Crippen LogP contribution is 2.28. The van der Waals surface area contributed by atoms with Crippen LogP contribution in [0.3, 0.4) is 0 Å². The number of carbonyl (C=O) groups excluding carboxylic acids is 2. The van der Waals surface area contributed by atoms with Gasteiger partial charge in [0, 0.05) is 0 Å². The molecule has 1 aromatic carbocycles. The second kappa shape index (κ2) is 7.04. The number of carbonyl (C=O) groups is 2. The first-order chi connectivity index (χ1) is 10.1. The summed E-state index contributed by atoms with van der Waals surface area (Å²) in [5.74, 6) is -0.736. The maximum Gasteiger partial charge on any atom is 0.325 e. The van der Waals surface area contributed by atoms with Crippen LogP contribution in [0.5, 0.6) is 0 Å². The molecule has 2 rings (SSSR count). The molecule has 0 heterocycles. The van der Waals surface area contributed by atoms with E-state index in [1.165, 1.54) is 17.2 Å². The van der Waals surface area contributed by atoms with E-state index in [-0.39, 0.29) is 25.0 Å². The molecule has 5 heteroatoms. The third-order valence-corrected chi connectivity index (χ3v) is 3.66. The molecule has 1 unspecified atom stereocenters. The number of hydrogen-bond acceptors (Lipinski definition) is 4. The molecule has 1 aromatic rings. The van der Waals surface area contributed by atoms with E-state index in [4.69, 9.17) is 10.5 Å². The number of esters is 1. The summed E-state index contributed by atoms with van der Waals surface area (Å²) in [4.78, 5) is 23.3. The van der Waals surface area contributed by atoms with Gasteiger partial charge in [-0.1, -0.05) is 36.9 Å². The zero-order valence-electron chi connectivity index (χ0n) is 11.9. The molecule has 0 bridgehead atoms. The Labute approximate surface area is 124 Å². The van der Waals surface area contributed by atoms with E-state index in [1.807, 2.05) is 12.1 Å². The van der Waals surface area contributed by atoms with Crippen LogP contribution in [0.4, 0.5) is 0 Å². The monoisotopic (exact) mass is 288 g/mol. The van der Waals surface area contributed by atoms with Gasteiger partial charge >= 0.3 is 5.97 Å². The third-order valence-electron chi connectivity index (χ3n) is 3.66. The molecule has 3 N–H and O–H groups in total. The van der Waals surface area contributed by atoms with Crippen molar-refractivity contribution < 1.29 is 14.3 Å². The molecule has 0 aliphatic heterocycles.